The number of hydrogen-bond donors (Lipinski definition) is 10. The summed E-state index contributed by atoms with van der Waals surface area (Å²) in [5.74, 6) is -8.56. The maximum absolute atomic E-state index is 10.3. The van der Waals surface area contributed by atoms with Crippen molar-refractivity contribution in [2.45, 2.75) is 30.7 Å². The van der Waals surface area contributed by atoms with E-state index in [9.17, 15) is 24.0 Å². The predicted molar refractivity (Wildman–Crippen MR) is 85.5 cm³/mol. The molecule has 0 saturated carbocycles. The van der Waals surface area contributed by atoms with Gasteiger partial charge < -0.3 is 55.9 Å². The molecule has 188 valence electrons. The van der Waals surface area contributed by atoms with Crippen LogP contribution in [-0.2, 0) is 34.3 Å². The molecule has 2 atom stereocenters. The molecule has 2 unspecified atom stereocenters. The molecule has 0 bridgehead atoms. The standard InChI is InChI=1S/C6H8O7.C4H6O6.CH2O3.H3NO3S.2Na/c7-3(8)1-6(13,5(11)12)2-4(9)10;5-1(3(7)8)2(6)4(9)10;2-1(3)4;1-5(2,3)4;;/h13H,1-2H2,(H,7,8)(H,9,10)(H,11,12);1-2,5-6H,(H,7,8)(H,9,10);(H2,2,3,4);(H3,1,2,3,4);;/q;;;;2*+1/p-2. The quantitative estimate of drug-likeness (QED) is 0.0998. The van der Waals surface area contributed by atoms with E-state index in [1.165, 1.54) is 0 Å². The smallest absolute Gasteiger partial charge is 0.652 e. The molecule has 0 heterocycles. The van der Waals surface area contributed by atoms with Gasteiger partial charge in [0.25, 0.3) is 0 Å². The first-order chi connectivity index (χ1) is 14.0. The summed E-state index contributed by atoms with van der Waals surface area (Å²) in [6, 6.07) is 0. The van der Waals surface area contributed by atoms with Crippen LogP contribution in [0.2, 0.25) is 0 Å². The van der Waals surface area contributed by atoms with Crippen LogP contribution in [0.5, 0.6) is 0 Å². The van der Waals surface area contributed by atoms with Gasteiger partial charge in [-0.1, -0.05) is 0 Å². The Morgan fingerprint density at radius 1 is 0.765 bits per heavy atom. The molecule has 0 amide bonds. The van der Waals surface area contributed by atoms with Crippen molar-refractivity contribution in [3.8, 4) is 0 Å². The van der Waals surface area contributed by atoms with E-state index < -0.39 is 77.0 Å². The Balaban J connectivity index is -0.0000000829. The van der Waals surface area contributed by atoms with Crippen molar-refractivity contribution in [2.75, 3.05) is 0 Å². The molecule has 0 aromatic carbocycles. The molecular weight excluding hydrogens is 528 g/mol. The predicted octanol–water partition coefficient (Wildman–Crippen LogP) is -13.1. The molecule has 11 N–H and O–H groups in total. The van der Waals surface area contributed by atoms with E-state index in [0.29, 0.717) is 0 Å². The molecule has 0 fully saturated rings. The van der Waals surface area contributed by atoms with Gasteiger partial charge >= 0.3 is 99.3 Å². The summed E-state index contributed by atoms with van der Waals surface area (Å²) in [6.45, 7) is 0. The fourth-order valence-corrected chi connectivity index (χ4v) is 0.984. The van der Waals surface area contributed by atoms with Crippen LogP contribution >= 0.6 is 0 Å². The van der Waals surface area contributed by atoms with Crippen LogP contribution < -0.4 is 74.5 Å². The molecule has 0 aromatic rings. The summed E-state index contributed by atoms with van der Waals surface area (Å²) in [5, 5.41) is 86.9. The van der Waals surface area contributed by atoms with Gasteiger partial charge in [-0.15, -0.1) is 0 Å². The van der Waals surface area contributed by atoms with Gasteiger partial charge in [0.1, 0.15) is 0 Å². The van der Waals surface area contributed by atoms with E-state index in [1.54, 1.807) is 0 Å². The minimum atomic E-state index is -4.17. The largest absolute Gasteiger partial charge is 1.00 e. The first-order valence-corrected chi connectivity index (χ1v) is 8.32. The Morgan fingerprint density at radius 2 is 0.941 bits per heavy atom. The molecular formula is C11H17NNa2O19S. The number of aliphatic carboxylic acids is 5. The van der Waals surface area contributed by atoms with Gasteiger partial charge in [0.15, 0.2) is 17.8 Å². The minimum absolute atomic E-state index is 0. The van der Waals surface area contributed by atoms with Crippen LogP contribution in [0, 0.1) is 0 Å². The Hall–Kier alpha value is -1.63. The second-order valence-electron chi connectivity index (χ2n) is 4.81. The zero-order valence-electron chi connectivity index (χ0n) is 17.2. The fourth-order valence-electron chi connectivity index (χ4n) is 0.984. The number of aliphatic hydroxyl groups is 3. The van der Waals surface area contributed by atoms with E-state index in [1.807, 2.05) is 0 Å². The molecule has 34 heavy (non-hydrogen) atoms. The number of rotatable bonds is 8. The van der Waals surface area contributed by atoms with E-state index >= 15 is 0 Å². The number of hydrogen-bond acceptors (Lipinski definition) is 13. The van der Waals surface area contributed by atoms with Gasteiger partial charge in [0, 0.05) is 0 Å². The summed E-state index contributed by atoms with van der Waals surface area (Å²) in [7, 11) is -4.17. The number of carboxylic acids is 5. The third-order valence-corrected chi connectivity index (χ3v) is 2.09. The third-order valence-electron chi connectivity index (χ3n) is 2.09. The summed E-state index contributed by atoms with van der Waals surface area (Å²) >= 11 is 0. The van der Waals surface area contributed by atoms with E-state index in [2.05, 4.69) is 5.14 Å². The molecule has 0 rings (SSSR count). The van der Waals surface area contributed by atoms with Crippen LogP contribution in [0.1, 0.15) is 12.8 Å². The van der Waals surface area contributed by atoms with Crippen molar-refractivity contribution in [3.63, 3.8) is 0 Å². The first kappa shape index (κ1) is 45.8. The number of nitrogens with two attached hydrogens (primary N) is 1. The number of aliphatic hydroxyl groups excluding tert-OH is 2. The number of carboxylic acid groups (broad SMARTS) is 7. The Morgan fingerprint density at radius 3 is 1.03 bits per heavy atom. The van der Waals surface area contributed by atoms with Crippen LogP contribution in [0.15, 0.2) is 0 Å². The summed E-state index contributed by atoms with van der Waals surface area (Å²) in [5.41, 5.74) is -2.74. The SMILES string of the molecule is NS(=O)(=O)O.O=C(O)C(O)C(O)C(=O)O.O=C(O)CC(O)(CC(=O)O)C(=O)O.O=C([O-])[O-].[Na+].[Na+]. The van der Waals surface area contributed by atoms with Gasteiger partial charge in [0.2, 0.25) is 0 Å². The van der Waals surface area contributed by atoms with Crippen molar-refractivity contribution in [1.29, 1.82) is 0 Å². The van der Waals surface area contributed by atoms with Gasteiger partial charge in [-0.3, -0.25) is 14.1 Å². The summed E-state index contributed by atoms with van der Waals surface area (Å²) < 4.78 is 25.2. The third kappa shape index (κ3) is 37.7. The topological polar surface area (TPSA) is 391 Å². The van der Waals surface area contributed by atoms with E-state index in [4.69, 9.17) is 68.8 Å². The molecule has 0 aliphatic heterocycles. The van der Waals surface area contributed by atoms with E-state index in [0.717, 1.165) is 0 Å². The minimum Gasteiger partial charge on any atom is -0.652 e. The maximum Gasteiger partial charge on any atom is 1.00 e. The number of carbonyl (C=O) groups is 6. The summed E-state index contributed by atoms with van der Waals surface area (Å²) in [4.78, 5) is 58.4. The van der Waals surface area contributed by atoms with Gasteiger partial charge in [-0.2, -0.15) is 8.42 Å². The molecule has 23 heteroatoms. The van der Waals surface area contributed by atoms with Crippen LogP contribution in [0.4, 0.5) is 4.79 Å². The van der Waals surface area contributed by atoms with Crippen LogP contribution in [0.25, 0.3) is 0 Å². The molecule has 0 aliphatic rings. The summed E-state index contributed by atoms with van der Waals surface area (Å²) in [6.07, 6.45) is -9.15. The molecule has 0 saturated heterocycles. The fraction of sp³-hybridized carbons (Fsp3) is 0.455. The molecule has 0 aliphatic carbocycles. The molecule has 0 radical (unpaired) electrons. The molecule has 0 spiro atoms. The molecule has 20 nitrogen and oxygen atoms in total. The average molecular weight is 545 g/mol. The normalized spacial score (nSPS) is 11.2. The van der Waals surface area contributed by atoms with E-state index in [-0.39, 0.29) is 59.1 Å². The van der Waals surface area contributed by atoms with Crippen molar-refractivity contribution in [2.24, 2.45) is 5.14 Å². The Labute approximate surface area is 232 Å². The van der Waals surface area contributed by atoms with Crippen molar-refractivity contribution in [1.82, 2.24) is 0 Å². The van der Waals surface area contributed by atoms with Crippen molar-refractivity contribution < 1.29 is 152 Å². The van der Waals surface area contributed by atoms with Crippen LogP contribution in [-0.4, -0.2) is 108 Å². The zero-order valence-corrected chi connectivity index (χ0v) is 22.0. The zero-order chi connectivity index (χ0) is 27.0. The van der Waals surface area contributed by atoms with Crippen LogP contribution in [0.3, 0.4) is 0 Å². The van der Waals surface area contributed by atoms with Crippen molar-refractivity contribution in [3.05, 3.63) is 0 Å². The van der Waals surface area contributed by atoms with Gasteiger partial charge in [-0.25, -0.2) is 19.5 Å². The van der Waals surface area contributed by atoms with Gasteiger partial charge in [-0.05, 0) is 6.16 Å². The average Bonchev–Trinajstić information content (AvgIpc) is 2.49. The number of carbonyl (C=O) groups excluding carboxylic acids is 1. The molecule has 0 aromatic heterocycles. The van der Waals surface area contributed by atoms with Gasteiger partial charge in [0.05, 0.1) is 12.8 Å². The second-order valence-corrected chi connectivity index (χ2v) is 5.84. The van der Waals surface area contributed by atoms with Crippen molar-refractivity contribution >= 4 is 46.3 Å². The second kappa shape index (κ2) is 21.9. The Kier molecular flexibility index (Phi) is 29.5. The monoisotopic (exact) mass is 545 g/mol. The maximum atomic E-state index is 10.3. The first-order valence-electron chi connectivity index (χ1n) is 6.82. The Bertz CT molecular complexity index is 737.